The maximum absolute atomic E-state index is 12.4. The molecule has 13 rings (SSSR count). The van der Waals surface area contributed by atoms with Gasteiger partial charge in [-0.05, 0) is 167 Å². The van der Waals surface area contributed by atoms with Crippen molar-refractivity contribution in [3.05, 3.63) is 13.6 Å². The molecule has 4 fully saturated rings. The molecule has 13 heterocycles. The van der Waals surface area contributed by atoms with E-state index in [9.17, 15) is 86.4 Å². The first-order chi connectivity index (χ1) is 58.0. The first-order valence-corrected chi connectivity index (χ1v) is 54.5. The van der Waals surface area contributed by atoms with Gasteiger partial charge < -0.3 is 52.4 Å². The van der Waals surface area contributed by atoms with Crippen LogP contribution in [-0.2, 0) is 40.1 Å². The average molecular weight is 2170 g/mol. The van der Waals surface area contributed by atoms with Gasteiger partial charge in [0.25, 0.3) is 11.8 Å². The molecule has 21 nitrogen and oxygen atoms in total. The van der Waals surface area contributed by atoms with Crippen LogP contribution in [0.25, 0.3) is 13.6 Å². The third-order valence-electron chi connectivity index (χ3n) is 24.9. The molecule has 4 saturated heterocycles. The normalized spacial score (nSPS) is 24.1. The molecule has 0 atom stereocenters. The van der Waals surface area contributed by atoms with Gasteiger partial charge in [0.15, 0.2) is 20.0 Å². The van der Waals surface area contributed by atoms with E-state index in [4.69, 9.17) is 0 Å². The van der Waals surface area contributed by atoms with Crippen molar-refractivity contribution in [2.24, 2.45) is 4.99 Å². The Bertz CT molecular complexity index is 3490. The van der Waals surface area contributed by atoms with Crippen molar-refractivity contribution in [1.82, 2.24) is 24.5 Å². The Hall–Kier alpha value is -0.254. The maximum Gasteiger partial charge on any atom is 1.00 e. The van der Waals surface area contributed by atoms with Crippen LogP contribution in [0.1, 0.15) is 302 Å². The number of nitrogens with zero attached hydrogens (tertiary/aromatic N) is 13. The fourth-order valence-corrected chi connectivity index (χ4v) is 24.8. The molecule has 125 heavy (non-hydrogen) atoms. The monoisotopic (exact) mass is 2160 g/mol. The van der Waals surface area contributed by atoms with Crippen LogP contribution in [0.3, 0.4) is 0 Å². The third kappa shape index (κ3) is 37.6. The van der Waals surface area contributed by atoms with Crippen LogP contribution in [0.5, 0.6) is 0 Å². The van der Waals surface area contributed by atoms with Crippen molar-refractivity contribution in [3.8, 4) is 0 Å². The Labute approximate surface area is 821 Å². The molecule has 0 aliphatic carbocycles. The molecule has 0 saturated carbocycles. The second-order valence-electron chi connectivity index (χ2n) is 34.6. The van der Waals surface area contributed by atoms with Crippen molar-refractivity contribution < 1.29 is 190 Å². The topological polar surface area (TPSA) is 219 Å². The molecule has 0 unspecified atom stereocenters. The Morgan fingerprint density at radius 1 is 0.320 bits per heavy atom. The van der Waals surface area contributed by atoms with Gasteiger partial charge in [-0.25, -0.2) is 51.2 Å². The van der Waals surface area contributed by atoms with E-state index in [1.165, 1.54) is 430 Å². The number of unbranched alkanes of at least 4 members (excludes halogenated alkanes) is 18. The third-order valence-corrected chi connectivity index (χ3v) is 32.8. The number of halogens is 16. The van der Waals surface area contributed by atoms with E-state index >= 15 is 0 Å². The van der Waals surface area contributed by atoms with Crippen molar-refractivity contribution in [3.63, 3.8) is 0 Å². The minimum absolute atomic E-state index is 0. The zero-order valence-electron chi connectivity index (χ0n) is 74.2. The molecular weight excluding hydrogens is 2020 g/mol. The van der Waals surface area contributed by atoms with Crippen LogP contribution >= 0.6 is 31.9 Å². The summed E-state index contributed by atoms with van der Waals surface area (Å²) in [4.78, 5) is 18.0. The van der Waals surface area contributed by atoms with E-state index in [2.05, 4.69) is 89.1 Å². The number of fused-ring (bicyclic) bond motifs is 1. The van der Waals surface area contributed by atoms with Gasteiger partial charge in [0, 0.05) is 99.6 Å². The number of rotatable bonds is 28. The molecule has 0 aromatic carbocycles. The zero-order valence-corrected chi connectivity index (χ0v) is 86.9. The summed E-state index contributed by atoms with van der Waals surface area (Å²) < 4.78 is 246. The van der Waals surface area contributed by atoms with Crippen LogP contribution in [0.2, 0.25) is 0 Å². The smallest absolute Gasteiger partial charge is 1.00 e. The van der Waals surface area contributed by atoms with Crippen molar-refractivity contribution in [2.45, 2.75) is 336 Å². The second kappa shape index (κ2) is 59.0. The fraction of sp³-hybridized carbons (Fsp3) is 0.940. The Morgan fingerprint density at radius 2 is 0.600 bits per heavy atom. The molecule has 0 aromatic heterocycles. The number of amidine groups is 5. The van der Waals surface area contributed by atoms with Gasteiger partial charge in [-0.15, -0.1) is 0 Å². The molecule has 0 amide bonds. The number of aliphatic imine (C=N–C) groups is 1. The van der Waals surface area contributed by atoms with E-state index in [1.54, 1.807) is 23.3 Å². The van der Waals surface area contributed by atoms with Gasteiger partial charge in [0.1, 0.15) is 0 Å². The van der Waals surface area contributed by atoms with Crippen LogP contribution < -0.4 is 85.3 Å². The molecule has 0 radical (unpaired) electrons. The number of alkyl halides is 14. The fourth-order valence-electron chi connectivity index (χ4n) is 18.1. The molecule has 0 aromatic rings. The molecule has 13 aliphatic rings. The van der Waals surface area contributed by atoms with Crippen molar-refractivity contribution in [1.29, 1.82) is 0 Å². The first kappa shape index (κ1) is 117. The molecule has 0 N–H and O–H groups in total. The van der Waals surface area contributed by atoms with Gasteiger partial charge in [-0.2, -0.15) is 35.1 Å². The summed E-state index contributed by atoms with van der Waals surface area (Å²) in [6, 6.07) is 0. The summed E-state index contributed by atoms with van der Waals surface area (Å²) in [7, 11) is -20.5. The van der Waals surface area contributed by atoms with Crippen molar-refractivity contribution >= 4 is 101 Å². The molecule has 0 spiro atoms. The largest absolute Gasteiger partial charge is 1.00 e. The summed E-state index contributed by atoms with van der Waals surface area (Å²) >= 11 is 6.87. The first-order valence-electron chi connectivity index (χ1n) is 46.2. The van der Waals surface area contributed by atoms with E-state index < -0.39 is 87.4 Å². The molecule has 726 valence electrons. The summed E-state index contributed by atoms with van der Waals surface area (Å²) in [5.41, 5.74) is 0. The van der Waals surface area contributed by atoms with Crippen molar-refractivity contribution in [2.75, 3.05) is 160 Å². The van der Waals surface area contributed by atoms with E-state index in [-0.39, 0.29) is 103 Å². The van der Waals surface area contributed by atoms with Gasteiger partial charge in [0.05, 0.1) is 131 Å². The zero-order chi connectivity index (χ0) is 88.8. The molecule has 13 aliphatic heterocycles. The SMILES string of the molecule is BrCCCCCCCCCBr.C(CCCCN1CCC[N+]2=C1CCCCC2)CCCCN1CCC[N+]2=C1CCCCC2.C(CCCCN1CCC[N+]2=C1CCCCC2)CCCCN1CCC[N+]2=C1CCCCC2.C1CCC2=NCCCN2CC1.FC1(F)C[N-]CC(F)(F)C1(F)F.O=S1(=O)CCCS(=O)(=O)[N-]1.O=S1(=O)[N-]S(=O)(=O)C(F)(F)C(F)(F)C1(F)F.[Br-].[Br-].[K+]. The maximum atomic E-state index is 12.4. The number of hydrogen-bond donors (Lipinski definition) is 0. The van der Waals surface area contributed by atoms with Gasteiger partial charge in [-0.3, -0.25) is 42.9 Å². The van der Waals surface area contributed by atoms with Crippen LogP contribution in [0.15, 0.2) is 4.99 Å². The molecular formula is C83H144Br4F12KN13O8S4. The average Bonchev–Trinajstić information content (AvgIpc) is 0.803. The molecule has 0 bridgehead atoms. The number of sulfonamides is 4. The van der Waals surface area contributed by atoms with Crippen LogP contribution in [0, 0.1) is 0 Å². The van der Waals surface area contributed by atoms with E-state index in [0.29, 0.717) is 0 Å². The van der Waals surface area contributed by atoms with E-state index in [1.807, 2.05) is 0 Å². The summed E-state index contributed by atoms with van der Waals surface area (Å²) in [6.45, 7) is 21.6. The summed E-state index contributed by atoms with van der Waals surface area (Å²) in [6.07, 6.45) is 64.5. The van der Waals surface area contributed by atoms with Crippen LogP contribution in [-0.4, -0.2) is 299 Å². The van der Waals surface area contributed by atoms with E-state index in [0.717, 1.165) is 10.7 Å². The van der Waals surface area contributed by atoms with Gasteiger partial charge in [-0.1, -0.05) is 122 Å². The molecule has 42 heteroatoms. The van der Waals surface area contributed by atoms with Gasteiger partial charge in [0.2, 0.25) is 23.3 Å². The second-order valence-corrected chi connectivity index (χ2v) is 43.5. The minimum Gasteiger partial charge on any atom is -1.00 e. The standard InChI is InChI=1S/2C27H50N4.C9H18Br2.C9H16N2.C5H4F6N.C3F6NO4S2.C3H6NO4S2.2BrH.K/c2*1(2-4-10-18-28-22-14-24-30-20-12-6-8-16-26(28)30)3-5-11-19-29-23-15-25-31-21-13-7-9-17-27(29)31;10-8-6-4-2-1-3-5-7-9-11;1-2-5-9-10-6-4-8-11(9)7-3-1;6-3(7)1-12-2-4(8,9)5(3,10)11;4-1(5)2(6,7)15(11,12)10-16(13,14)3(1,8)9;5-9(6)2-1-3-10(7,8)4-9;;;/h2*1-25H2;1-9H2;1-8H2;1-2H2;;1-3H2;2*1H;/q2*+2;;;3*-1;;;+1/p-2. The predicted octanol–water partition coefficient (Wildman–Crippen LogP) is 9.94. The Morgan fingerprint density at radius 3 is 0.896 bits per heavy atom. The van der Waals surface area contributed by atoms with Gasteiger partial charge >= 0.3 is 73.7 Å². The Balaban J connectivity index is 0.000000322. The minimum atomic E-state index is -6.60. The summed E-state index contributed by atoms with van der Waals surface area (Å²) in [5.74, 6) is -13.5. The number of piperidine rings is 1. The van der Waals surface area contributed by atoms with Crippen LogP contribution in [0.4, 0.5) is 52.7 Å². The predicted molar refractivity (Wildman–Crippen MR) is 470 cm³/mol. The quantitative estimate of drug-likeness (QED) is 0.0234. The summed E-state index contributed by atoms with van der Waals surface area (Å²) in [5, 5.41) is -7.65. The Kier molecular flexibility index (Phi) is 55.3. The number of hydrogen-bond acceptors (Lipinski definition) is 14.